The van der Waals surface area contributed by atoms with Crippen LogP contribution in [0, 0.1) is 0 Å². The maximum Gasteiger partial charge on any atom is 0.0954 e. The Morgan fingerprint density at radius 3 is 2.90 bits per heavy atom. The Kier molecular flexibility index (Phi) is 2.76. The SMILES string of the molecule is c1ccc2c(Cn3cnc4c3CCCC4)ccnc2c1. The summed E-state index contributed by atoms with van der Waals surface area (Å²) >= 11 is 0. The quantitative estimate of drug-likeness (QED) is 0.710. The standard InChI is InChI=1S/C17H17N3/c1-2-6-15-14(5-1)13(9-10-18-15)11-20-12-19-16-7-3-4-8-17(16)20/h1-2,5-6,9-10,12H,3-4,7-8,11H2. The second kappa shape index (κ2) is 4.75. The van der Waals surface area contributed by atoms with Crippen molar-refractivity contribution in [1.29, 1.82) is 0 Å². The predicted molar refractivity (Wildman–Crippen MR) is 79.7 cm³/mol. The molecule has 1 aromatic carbocycles. The van der Waals surface area contributed by atoms with Crippen LogP contribution in [0.25, 0.3) is 10.9 Å². The lowest BCUT2D eigenvalue weighted by molar-refractivity contribution is 0.629. The zero-order valence-corrected chi connectivity index (χ0v) is 11.4. The number of imidazole rings is 1. The van der Waals surface area contributed by atoms with Crippen molar-refractivity contribution < 1.29 is 0 Å². The minimum Gasteiger partial charge on any atom is -0.330 e. The predicted octanol–water partition coefficient (Wildman–Crippen LogP) is 3.36. The normalized spacial score (nSPS) is 14.4. The zero-order valence-electron chi connectivity index (χ0n) is 11.4. The highest BCUT2D eigenvalue weighted by Crippen LogP contribution is 2.23. The molecule has 2 heterocycles. The number of aryl methyl sites for hydroxylation is 1. The molecule has 20 heavy (non-hydrogen) atoms. The fraction of sp³-hybridized carbons (Fsp3) is 0.294. The van der Waals surface area contributed by atoms with E-state index in [1.807, 2.05) is 18.6 Å². The molecule has 0 aliphatic heterocycles. The Labute approximate surface area is 118 Å². The highest BCUT2D eigenvalue weighted by molar-refractivity contribution is 5.81. The largest absolute Gasteiger partial charge is 0.330 e. The van der Waals surface area contributed by atoms with Crippen molar-refractivity contribution in [3.8, 4) is 0 Å². The van der Waals surface area contributed by atoms with E-state index in [-0.39, 0.29) is 0 Å². The highest BCUT2D eigenvalue weighted by atomic mass is 15.1. The van der Waals surface area contributed by atoms with Gasteiger partial charge in [0.05, 0.1) is 17.5 Å². The van der Waals surface area contributed by atoms with Gasteiger partial charge in [-0.1, -0.05) is 18.2 Å². The average molecular weight is 263 g/mol. The average Bonchev–Trinajstić information content (AvgIpc) is 2.91. The third kappa shape index (κ3) is 1.90. The van der Waals surface area contributed by atoms with Crippen LogP contribution in [0.2, 0.25) is 0 Å². The second-order valence-electron chi connectivity index (χ2n) is 5.46. The van der Waals surface area contributed by atoms with Gasteiger partial charge < -0.3 is 4.57 Å². The first-order chi connectivity index (χ1) is 9.92. The van der Waals surface area contributed by atoms with Crippen molar-refractivity contribution in [3.63, 3.8) is 0 Å². The third-order valence-corrected chi connectivity index (χ3v) is 4.19. The Morgan fingerprint density at radius 2 is 1.90 bits per heavy atom. The summed E-state index contributed by atoms with van der Waals surface area (Å²) in [5.41, 5.74) is 5.12. The van der Waals surface area contributed by atoms with Gasteiger partial charge in [-0.25, -0.2) is 4.98 Å². The summed E-state index contributed by atoms with van der Waals surface area (Å²) < 4.78 is 2.32. The van der Waals surface area contributed by atoms with Gasteiger partial charge in [-0.2, -0.15) is 0 Å². The lowest BCUT2D eigenvalue weighted by Crippen LogP contribution is -2.09. The summed E-state index contributed by atoms with van der Waals surface area (Å²) in [7, 11) is 0. The van der Waals surface area contributed by atoms with Gasteiger partial charge in [-0.15, -0.1) is 0 Å². The van der Waals surface area contributed by atoms with Gasteiger partial charge in [0.25, 0.3) is 0 Å². The van der Waals surface area contributed by atoms with Crippen molar-refractivity contribution >= 4 is 10.9 Å². The van der Waals surface area contributed by atoms with E-state index in [1.165, 1.54) is 41.6 Å². The van der Waals surface area contributed by atoms with Gasteiger partial charge in [0.1, 0.15) is 0 Å². The maximum absolute atomic E-state index is 4.58. The molecule has 0 spiro atoms. The van der Waals surface area contributed by atoms with Crippen LogP contribution in [0.1, 0.15) is 29.8 Å². The fourth-order valence-corrected chi connectivity index (χ4v) is 3.14. The molecule has 1 aliphatic carbocycles. The summed E-state index contributed by atoms with van der Waals surface area (Å²) in [4.78, 5) is 9.01. The lowest BCUT2D eigenvalue weighted by Gasteiger charge is -2.14. The summed E-state index contributed by atoms with van der Waals surface area (Å²) in [5, 5.41) is 1.24. The second-order valence-corrected chi connectivity index (χ2v) is 5.46. The first kappa shape index (κ1) is 11.6. The number of pyridine rings is 1. The monoisotopic (exact) mass is 263 g/mol. The maximum atomic E-state index is 4.58. The molecule has 4 rings (SSSR count). The zero-order chi connectivity index (χ0) is 13.4. The number of para-hydroxylation sites is 1. The Bertz CT molecular complexity index is 753. The summed E-state index contributed by atoms with van der Waals surface area (Å²) in [6.45, 7) is 0.894. The number of rotatable bonds is 2. The molecule has 100 valence electrons. The number of hydrogen-bond acceptors (Lipinski definition) is 2. The topological polar surface area (TPSA) is 30.7 Å². The number of hydrogen-bond donors (Lipinski definition) is 0. The van der Waals surface area contributed by atoms with Crippen LogP contribution < -0.4 is 0 Å². The lowest BCUT2D eigenvalue weighted by atomic mass is 10.0. The molecule has 0 N–H and O–H groups in total. The van der Waals surface area contributed by atoms with E-state index < -0.39 is 0 Å². The van der Waals surface area contributed by atoms with Gasteiger partial charge >= 0.3 is 0 Å². The molecule has 0 saturated heterocycles. The van der Waals surface area contributed by atoms with Crippen molar-refractivity contribution in [1.82, 2.24) is 14.5 Å². The minimum atomic E-state index is 0.894. The molecule has 3 heteroatoms. The third-order valence-electron chi connectivity index (χ3n) is 4.19. The van der Waals surface area contributed by atoms with Crippen LogP contribution in [0.15, 0.2) is 42.9 Å². The fourth-order valence-electron chi connectivity index (χ4n) is 3.14. The van der Waals surface area contributed by atoms with Crippen molar-refractivity contribution in [2.75, 3.05) is 0 Å². The molecule has 0 bridgehead atoms. The van der Waals surface area contributed by atoms with E-state index >= 15 is 0 Å². The number of nitrogens with zero attached hydrogens (tertiary/aromatic N) is 3. The number of benzene rings is 1. The Balaban J connectivity index is 1.76. The van der Waals surface area contributed by atoms with E-state index in [0.29, 0.717) is 0 Å². The van der Waals surface area contributed by atoms with Gasteiger partial charge in [0.2, 0.25) is 0 Å². The van der Waals surface area contributed by atoms with Gasteiger partial charge in [-0.3, -0.25) is 4.98 Å². The number of aromatic nitrogens is 3. The van der Waals surface area contributed by atoms with E-state index in [0.717, 1.165) is 18.5 Å². The van der Waals surface area contributed by atoms with Crippen molar-refractivity contribution in [2.45, 2.75) is 32.2 Å². The Morgan fingerprint density at radius 1 is 1.00 bits per heavy atom. The van der Waals surface area contributed by atoms with Crippen LogP contribution in [0.4, 0.5) is 0 Å². The van der Waals surface area contributed by atoms with Crippen molar-refractivity contribution in [2.24, 2.45) is 0 Å². The van der Waals surface area contributed by atoms with Crippen LogP contribution in [-0.4, -0.2) is 14.5 Å². The van der Waals surface area contributed by atoms with E-state index in [4.69, 9.17) is 0 Å². The van der Waals surface area contributed by atoms with Gasteiger partial charge in [0.15, 0.2) is 0 Å². The van der Waals surface area contributed by atoms with Gasteiger partial charge in [-0.05, 0) is 43.4 Å². The summed E-state index contributed by atoms with van der Waals surface area (Å²) in [6, 6.07) is 10.5. The van der Waals surface area contributed by atoms with Crippen LogP contribution in [0.3, 0.4) is 0 Å². The van der Waals surface area contributed by atoms with Crippen LogP contribution in [-0.2, 0) is 19.4 Å². The molecular weight excluding hydrogens is 246 g/mol. The summed E-state index contributed by atoms with van der Waals surface area (Å²) in [5.74, 6) is 0. The highest BCUT2D eigenvalue weighted by Gasteiger charge is 2.15. The van der Waals surface area contributed by atoms with Gasteiger partial charge in [0, 0.05) is 23.8 Å². The molecule has 0 saturated carbocycles. The smallest absolute Gasteiger partial charge is 0.0954 e. The molecule has 2 aromatic heterocycles. The summed E-state index contributed by atoms with van der Waals surface area (Å²) in [6.07, 6.45) is 8.78. The molecule has 0 unspecified atom stereocenters. The Hall–Kier alpha value is -2.16. The van der Waals surface area contributed by atoms with E-state index in [1.54, 1.807) is 0 Å². The molecular formula is C17H17N3. The molecule has 0 amide bonds. The number of fused-ring (bicyclic) bond motifs is 2. The van der Waals surface area contributed by atoms with Crippen LogP contribution >= 0.6 is 0 Å². The van der Waals surface area contributed by atoms with E-state index in [9.17, 15) is 0 Å². The molecule has 0 fully saturated rings. The van der Waals surface area contributed by atoms with Crippen molar-refractivity contribution in [3.05, 3.63) is 59.8 Å². The van der Waals surface area contributed by atoms with Crippen LogP contribution in [0.5, 0.6) is 0 Å². The molecule has 1 aliphatic rings. The molecule has 3 nitrogen and oxygen atoms in total. The van der Waals surface area contributed by atoms with E-state index in [2.05, 4.69) is 38.8 Å². The molecule has 0 atom stereocenters. The first-order valence-electron chi connectivity index (χ1n) is 7.27. The minimum absolute atomic E-state index is 0.894. The first-order valence-corrected chi connectivity index (χ1v) is 7.27. The molecule has 3 aromatic rings. The molecule has 0 radical (unpaired) electrons.